The lowest BCUT2D eigenvalue weighted by atomic mass is 10.2. The van der Waals surface area contributed by atoms with Crippen molar-refractivity contribution in [3.63, 3.8) is 0 Å². The number of carbonyl (C=O) groups is 1. The van der Waals surface area contributed by atoms with E-state index in [0.29, 0.717) is 17.9 Å². The average molecular weight is 272 g/mol. The van der Waals surface area contributed by atoms with Crippen molar-refractivity contribution in [3.05, 3.63) is 48.0 Å². The molecular formula is C15H20N4O. The van der Waals surface area contributed by atoms with E-state index in [-0.39, 0.29) is 5.91 Å². The van der Waals surface area contributed by atoms with Gasteiger partial charge in [-0.05, 0) is 37.1 Å². The first kappa shape index (κ1) is 14.1. The molecule has 0 spiro atoms. The first-order valence-corrected chi connectivity index (χ1v) is 6.71. The zero-order valence-electron chi connectivity index (χ0n) is 11.9. The van der Waals surface area contributed by atoms with Crippen LogP contribution in [0.3, 0.4) is 0 Å². The maximum Gasteiger partial charge on any atom is 0.270 e. The van der Waals surface area contributed by atoms with Gasteiger partial charge in [-0.1, -0.05) is 0 Å². The van der Waals surface area contributed by atoms with E-state index in [4.69, 9.17) is 5.73 Å². The Bertz CT molecular complexity index is 577. The number of pyridine rings is 1. The molecule has 5 heteroatoms. The summed E-state index contributed by atoms with van der Waals surface area (Å²) >= 11 is 0. The summed E-state index contributed by atoms with van der Waals surface area (Å²) in [6.07, 6.45) is 6.14. The van der Waals surface area contributed by atoms with Crippen LogP contribution in [0.1, 0.15) is 23.0 Å². The van der Waals surface area contributed by atoms with E-state index in [2.05, 4.69) is 4.98 Å². The summed E-state index contributed by atoms with van der Waals surface area (Å²) in [4.78, 5) is 18.1. The third-order valence-electron chi connectivity index (χ3n) is 3.31. The molecule has 2 aromatic heterocycles. The van der Waals surface area contributed by atoms with E-state index >= 15 is 0 Å². The average Bonchev–Trinajstić information content (AvgIpc) is 2.86. The number of aryl methyl sites for hydroxylation is 1. The van der Waals surface area contributed by atoms with Crippen molar-refractivity contribution in [1.29, 1.82) is 0 Å². The molecule has 0 saturated heterocycles. The standard InChI is InChI=1S/C15H20N4O/c1-3-19-11-13(16)10-14(19)15(20)18(2)9-6-12-4-7-17-8-5-12/h4-5,7-8,10-11H,3,6,9,16H2,1-2H3. The van der Waals surface area contributed by atoms with Crippen LogP contribution in [0.5, 0.6) is 0 Å². The lowest BCUT2D eigenvalue weighted by molar-refractivity contribution is 0.0786. The second-order valence-corrected chi connectivity index (χ2v) is 4.78. The minimum absolute atomic E-state index is 0.00222. The van der Waals surface area contributed by atoms with Gasteiger partial charge in [0.15, 0.2) is 0 Å². The lowest BCUT2D eigenvalue weighted by Crippen LogP contribution is -2.30. The highest BCUT2D eigenvalue weighted by molar-refractivity contribution is 5.93. The van der Waals surface area contributed by atoms with Crippen molar-refractivity contribution in [1.82, 2.24) is 14.5 Å². The van der Waals surface area contributed by atoms with Gasteiger partial charge in [0.25, 0.3) is 5.91 Å². The molecule has 5 nitrogen and oxygen atoms in total. The first-order valence-electron chi connectivity index (χ1n) is 6.71. The molecule has 0 fully saturated rings. The molecule has 0 atom stereocenters. The Morgan fingerprint density at radius 1 is 1.40 bits per heavy atom. The summed E-state index contributed by atoms with van der Waals surface area (Å²) in [6.45, 7) is 3.39. The Hall–Kier alpha value is -2.30. The molecule has 2 rings (SSSR count). The number of hydrogen-bond acceptors (Lipinski definition) is 3. The highest BCUT2D eigenvalue weighted by Crippen LogP contribution is 2.13. The molecule has 0 aliphatic heterocycles. The van der Waals surface area contributed by atoms with Crippen LogP contribution in [0.15, 0.2) is 36.8 Å². The number of aromatic nitrogens is 2. The van der Waals surface area contributed by atoms with Crippen molar-refractivity contribution in [2.75, 3.05) is 19.3 Å². The summed E-state index contributed by atoms with van der Waals surface area (Å²) in [7, 11) is 1.81. The van der Waals surface area contributed by atoms with Crippen molar-refractivity contribution in [3.8, 4) is 0 Å². The topological polar surface area (TPSA) is 64.2 Å². The van der Waals surface area contributed by atoms with Crippen molar-refractivity contribution < 1.29 is 4.79 Å². The van der Waals surface area contributed by atoms with Gasteiger partial charge in [-0.2, -0.15) is 0 Å². The second-order valence-electron chi connectivity index (χ2n) is 4.78. The normalized spacial score (nSPS) is 10.5. The first-order chi connectivity index (χ1) is 9.61. The van der Waals surface area contributed by atoms with Crippen LogP contribution < -0.4 is 5.73 Å². The number of likely N-dealkylation sites (N-methyl/N-ethyl adjacent to an activating group) is 1. The van der Waals surface area contributed by atoms with Crippen LogP contribution in [0.2, 0.25) is 0 Å². The molecule has 2 heterocycles. The lowest BCUT2D eigenvalue weighted by Gasteiger charge is -2.18. The van der Waals surface area contributed by atoms with Gasteiger partial charge in [-0.25, -0.2) is 0 Å². The zero-order valence-corrected chi connectivity index (χ0v) is 11.9. The summed E-state index contributed by atoms with van der Waals surface area (Å²) in [6, 6.07) is 5.66. The predicted octanol–water partition coefficient (Wildman–Crippen LogP) is 1.80. The maximum absolute atomic E-state index is 12.4. The van der Waals surface area contributed by atoms with Crippen molar-refractivity contribution in [2.45, 2.75) is 19.9 Å². The van der Waals surface area contributed by atoms with Crippen molar-refractivity contribution in [2.24, 2.45) is 0 Å². The molecule has 0 radical (unpaired) electrons. The molecule has 0 bridgehead atoms. The van der Waals surface area contributed by atoms with Gasteiger partial charge in [0.1, 0.15) is 5.69 Å². The number of nitrogen functional groups attached to an aromatic ring is 1. The minimum atomic E-state index is -0.00222. The van der Waals surface area contributed by atoms with Gasteiger partial charge in [0, 0.05) is 38.7 Å². The molecule has 2 N–H and O–H groups in total. The fourth-order valence-electron chi connectivity index (χ4n) is 2.12. The summed E-state index contributed by atoms with van der Waals surface area (Å²) < 4.78 is 1.88. The van der Waals surface area contributed by atoms with Gasteiger partial charge in [-0.15, -0.1) is 0 Å². The van der Waals surface area contributed by atoms with E-state index in [0.717, 1.165) is 13.0 Å². The Balaban J connectivity index is 2.01. The number of hydrogen-bond donors (Lipinski definition) is 1. The largest absolute Gasteiger partial charge is 0.397 e. The van der Waals surface area contributed by atoms with Crippen LogP contribution in [0.25, 0.3) is 0 Å². The van der Waals surface area contributed by atoms with E-state index in [1.165, 1.54) is 5.56 Å². The van der Waals surface area contributed by atoms with Gasteiger partial charge in [0.2, 0.25) is 0 Å². The van der Waals surface area contributed by atoms with Crippen LogP contribution in [0.4, 0.5) is 5.69 Å². The SMILES string of the molecule is CCn1cc(N)cc1C(=O)N(C)CCc1ccncc1. The number of amides is 1. The monoisotopic (exact) mass is 272 g/mol. The zero-order chi connectivity index (χ0) is 14.5. The molecule has 0 saturated carbocycles. The number of anilines is 1. The Morgan fingerprint density at radius 2 is 2.10 bits per heavy atom. The summed E-state index contributed by atoms with van der Waals surface area (Å²) in [5.74, 6) is -0.00222. The Kier molecular flexibility index (Phi) is 4.40. The fourth-order valence-corrected chi connectivity index (χ4v) is 2.12. The third-order valence-corrected chi connectivity index (χ3v) is 3.31. The Morgan fingerprint density at radius 3 is 2.75 bits per heavy atom. The molecule has 106 valence electrons. The second kappa shape index (κ2) is 6.23. The van der Waals surface area contributed by atoms with E-state index in [1.807, 2.05) is 30.7 Å². The summed E-state index contributed by atoms with van der Waals surface area (Å²) in [5.41, 5.74) is 8.19. The number of nitrogens with two attached hydrogens (primary N) is 1. The maximum atomic E-state index is 12.4. The van der Waals surface area contributed by atoms with E-state index < -0.39 is 0 Å². The molecule has 20 heavy (non-hydrogen) atoms. The highest BCUT2D eigenvalue weighted by atomic mass is 16.2. The van der Waals surface area contributed by atoms with Crippen LogP contribution >= 0.6 is 0 Å². The van der Waals surface area contributed by atoms with Gasteiger partial charge in [-0.3, -0.25) is 9.78 Å². The minimum Gasteiger partial charge on any atom is -0.397 e. The molecule has 0 unspecified atom stereocenters. The van der Waals surface area contributed by atoms with Crippen molar-refractivity contribution >= 4 is 11.6 Å². The Labute approximate surface area is 119 Å². The quantitative estimate of drug-likeness (QED) is 0.902. The van der Waals surface area contributed by atoms with Crippen LogP contribution in [-0.4, -0.2) is 34.0 Å². The number of rotatable bonds is 5. The smallest absolute Gasteiger partial charge is 0.270 e. The molecule has 2 aromatic rings. The predicted molar refractivity (Wildman–Crippen MR) is 79.4 cm³/mol. The van der Waals surface area contributed by atoms with Crippen LogP contribution in [0, 0.1) is 0 Å². The molecule has 0 aromatic carbocycles. The fraction of sp³-hybridized carbons (Fsp3) is 0.333. The number of nitrogens with zero attached hydrogens (tertiary/aromatic N) is 3. The number of carbonyl (C=O) groups excluding carboxylic acids is 1. The van der Waals surface area contributed by atoms with Gasteiger partial charge in [0.05, 0.1) is 5.69 Å². The summed E-state index contributed by atoms with van der Waals surface area (Å²) in [5, 5.41) is 0. The molecular weight excluding hydrogens is 252 g/mol. The molecule has 0 aliphatic rings. The van der Waals surface area contributed by atoms with Gasteiger partial charge >= 0.3 is 0 Å². The van der Waals surface area contributed by atoms with Crippen LogP contribution in [-0.2, 0) is 13.0 Å². The van der Waals surface area contributed by atoms with E-state index in [9.17, 15) is 4.79 Å². The van der Waals surface area contributed by atoms with Gasteiger partial charge < -0.3 is 15.2 Å². The third kappa shape index (κ3) is 3.17. The molecule has 1 amide bonds. The molecule has 0 aliphatic carbocycles. The highest BCUT2D eigenvalue weighted by Gasteiger charge is 2.16. The van der Waals surface area contributed by atoms with E-state index in [1.54, 1.807) is 29.6 Å².